The van der Waals surface area contributed by atoms with Crippen LogP contribution in [0.5, 0.6) is 0 Å². The van der Waals surface area contributed by atoms with E-state index < -0.39 is 17.9 Å². The summed E-state index contributed by atoms with van der Waals surface area (Å²) in [5, 5.41) is 3.48. The lowest BCUT2D eigenvalue weighted by Crippen LogP contribution is -2.37. The molecule has 1 atom stereocenters. The van der Waals surface area contributed by atoms with Crippen LogP contribution in [0.15, 0.2) is 72.8 Å². The molecule has 4 rings (SSSR count). The van der Waals surface area contributed by atoms with Crippen LogP contribution in [-0.2, 0) is 20.9 Å². The maximum Gasteiger partial charge on any atom is 0.337 e. The fraction of sp³-hybridized carbons (Fsp3) is 0.154. The van der Waals surface area contributed by atoms with Crippen LogP contribution in [0.2, 0.25) is 5.02 Å². The molecule has 184 valence electrons. The quantitative estimate of drug-likeness (QED) is 0.353. The van der Waals surface area contributed by atoms with E-state index in [9.17, 15) is 18.8 Å². The number of amides is 2. The molecule has 1 aliphatic heterocycles. The average molecular weight is 526 g/mol. The Morgan fingerprint density at radius 3 is 2.28 bits per heavy atom. The van der Waals surface area contributed by atoms with Gasteiger partial charge in [-0.15, -0.1) is 0 Å². The van der Waals surface area contributed by atoms with E-state index in [4.69, 9.17) is 23.8 Å². The van der Waals surface area contributed by atoms with E-state index >= 15 is 0 Å². The standard InChI is InChI=1S/C26H21ClFN3O4S/c1-35-25(34)17-4-10-20(11-5-17)29-23(32)14-22-24(33)31(21-12-6-18(27)7-13-21)26(36)30(22)15-16-2-8-19(28)9-3-16/h2-13,22H,14-15H2,1H3,(H,29,32). The normalized spacial score (nSPS) is 15.2. The smallest absolute Gasteiger partial charge is 0.337 e. The van der Waals surface area contributed by atoms with Crippen molar-refractivity contribution < 1.29 is 23.5 Å². The summed E-state index contributed by atoms with van der Waals surface area (Å²) in [5.74, 6) is -1.64. The summed E-state index contributed by atoms with van der Waals surface area (Å²) >= 11 is 11.6. The zero-order valence-electron chi connectivity index (χ0n) is 19.1. The molecule has 1 aliphatic rings. The highest BCUT2D eigenvalue weighted by Crippen LogP contribution is 2.30. The highest BCUT2D eigenvalue weighted by molar-refractivity contribution is 7.80. The largest absolute Gasteiger partial charge is 0.465 e. The van der Waals surface area contributed by atoms with Gasteiger partial charge in [0.05, 0.1) is 24.8 Å². The van der Waals surface area contributed by atoms with E-state index in [1.165, 1.54) is 36.3 Å². The number of benzene rings is 3. The van der Waals surface area contributed by atoms with Crippen LogP contribution in [-0.4, -0.2) is 40.9 Å². The number of rotatable bonds is 7. The van der Waals surface area contributed by atoms with Gasteiger partial charge in [0.1, 0.15) is 11.9 Å². The van der Waals surface area contributed by atoms with Gasteiger partial charge in [-0.2, -0.15) is 0 Å². The summed E-state index contributed by atoms with van der Waals surface area (Å²) in [4.78, 5) is 41.0. The second kappa shape index (κ2) is 10.8. The van der Waals surface area contributed by atoms with Gasteiger partial charge in [-0.3, -0.25) is 14.5 Å². The zero-order valence-corrected chi connectivity index (χ0v) is 20.7. The minimum absolute atomic E-state index is 0.178. The molecule has 1 N–H and O–H groups in total. The van der Waals surface area contributed by atoms with Crippen LogP contribution in [0.1, 0.15) is 22.3 Å². The van der Waals surface area contributed by atoms with Crippen molar-refractivity contribution in [1.29, 1.82) is 0 Å². The average Bonchev–Trinajstić information content (AvgIpc) is 3.09. The highest BCUT2D eigenvalue weighted by Gasteiger charge is 2.44. The molecule has 3 aromatic rings. The summed E-state index contributed by atoms with van der Waals surface area (Å²) < 4.78 is 18.1. The van der Waals surface area contributed by atoms with Gasteiger partial charge in [0.25, 0.3) is 5.91 Å². The Morgan fingerprint density at radius 1 is 1.03 bits per heavy atom. The third-order valence-electron chi connectivity index (χ3n) is 5.64. The number of hydrogen-bond acceptors (Lipinski definition) is 5. The molecule has 0 saturated carbocycles. The second-order valence-electron chi connectivity index (χ2n) is 8.02. The fourth-order valence-electron chi connectivity index (χ4n) is 3.82. The molecule has 1 fully saturated rings. The molecule has 1 heterocycles. The predicted molar refractivity (Wildman–Crippen MR) is 138 cm³/mol. The number of ether oxygens (including phenoxy) is 1. The summed E-state index contributed by atoms with van der Waals surface area (Å²) in [7, 11) is 1.28. The Morgan fingerprint density at radius 2 is 1.67 bits per heavy atom. The van der Waals surface area contributed by atoms with Gasteiger partial charge in [-0.25, -0.2) is 9.18 Å². The SMILES string of the molecule is COC(=O)c1ccc(NC(=O)CC2C(=O)N(c3ccc(Cl)cc3)C(=S)N2Cc2ccc(F)cc2)cc1. The minimum Gasteiger partial charge on any atom is -0.465 e. The van der Waals surface area contributed by atoms with Crippen LogP contribution < -0.4 is 10.2 Å². The third kappa shape index (κ3) is 5.53. The first-order valence-corrected chi connectivity index (χ1v) is 11.7. The van der Waals surface area contributed by atoms with E-state index in [0.29, 0.717) is 22.0 Å². The lowest BCUT2D eigenvalue weighted by atomic mass is 10.1. The van der Waals surface area contributed by atoms with Gasteiger partial charge >= 0.3 is 5.97 Å². The number of methoxy groups -OCH3 is 1. The van der Waals surface area contributed by atoms with Gasteiger partial charge in [0.2, 0.25) is 5.91 Å². The van der Waals surface area contributed by atoms with Gasteiger partial charge in [-0.05, 0) is 78.4 Å². The molecule has 7 nitrogen and oxygen atoms in total. The lowest BCUT2D eigenvalue weighted by molar-refractivity contribution is -0.124. The van der Waals surface area contributed by atoms with Crippen LogP contribution in [0.25, 0.3) is 0 Å². The molecule has 10 heteroatoms. The van der Waals surface area contributed by atoms with Crippen molar-refractivity contribution in [1.82, 2.24) is 4.90 Å². The Bertz CT molecular complexity index is 1300. The number of nitrogens with zero attached hydrogens (tertiary/aromatic N) is 2. The number of thiocarbonyl (C=S) groups is 1. The Labute approximate surface area is 217 Å². The molecule has 0 aliphatic carbocycles. The number of esters is 1. The molecule has 1 saturated heterocycles. The second-order valence-corrected chi connectivity index (χ2v) is 8.83. The number of hydrogen-bond donors (Lipinski definition) is 1. The summed E-state index contributed by atoms with van der Waals surface area (Å²) in [6, 6.07) is 17.8. The lowest BCUT2D eigenvalue weighted by Gasteiger charge is -2.24. The number of anilines is 2. The molecule has 0 radical (unpaired) electrons. The van der Waals surface area contributed by atoms with E-state index in [0.717, 1.165) is 5.56 Å². The number of carbonyl (C=O) groups excluding carboxylic acids is 3. The maximum absolute atomic E-state index is 13.5. The molecule has 3 aromatic carbocycles. The molecule has 1 unspecified atom stereocenters. The van der Waals surface area contributed by atoms with Crippen LogP contribution in [0.3, 0.4) is 0 Å². The molecule has 36 heavy (non-hydrogen) atoms. The highest BCUT2D eigenvalue weighted by atomic mass is 35.5. The van der Waals surface area contributed by atoms with Crippen LogP contribution in [0.4, 0.5) is 15.8 Å². The van der Waals surface area contributed by atoms with Crippen molar-refractivity contribution in [3.8, 4) is 0 Å². The van der Waals surface area contributed by atoms with Gasteiger partial charge < -0.3 is 15.0 Å². The molecule has 0 spiro atoms. The monoisotopic (exact) mass is 525 g/mol. The summed E-state index contributed by atoms with van der Waals surface area (Å²) in [6.07, 6.45) is -0.178. The Balaban J connectivity index is 1.56. The van der Waals surface area contributed by atoms with Crippen molar-refractivity contribution in [2.75, 3.05) is 17.3 Å². The first-order valence-electron chi connectivity index (χ1n) is 10.9. The Hall–Kier alpha value is -3.82. The van der Waals surface area contributed by atoms with E-state index in [-0.39, 0.29) is 29.8 Å². The molecular weight excluding hydrogens is 505 g/mol. The number of halogens is 2. The zero-order chi connectivity index (χ0) is 25.8. The molecule has 2 amide bonds. The minimum atomic E-state index is -0.882. The van der Waals surface area contributed by atoms with Crippen LogP contribution in [0, 0.1) is 5.82 Å². The maximum atomic E-state index is 13.5. The summed E-state index contributed by atoms with van der Waals surface area (Å²) in [5.41, 5.74) is 2.06. The predicted octanol–water partition coefficient (Wildman–Crippen LogP) is 4.80. The van der Waals surface area contributed by atoms with Crippen molar-refractivity contribution in [2.45, 2.75) is 19.0 Å². The van der Waals surface area contributed by atoms with Gasteiger partial charge in [0.15, 0.2) is 5.11 Å². The van der Waals surface area contributed by atoms with Gasteiger partial charge in [-0.1, -0.05) is 23.7 Å². The van der Waals surface area contributed by atoms with E-state index in [2.05, 4.69) is 10.1 Å². The fourth-order valence-corrected chi connectivity index (χ4v) is 4.34. The summed E-state index contributed by atoms with van der Waals surface area (Å²) in [6.45, 7) is 0.209. The third-order valence-corrected chi connectivity index (χ3v) is 6.31. The number of carbonyl (C=O) groups is 3. The molecular formula is C26H21ClFN3O4S. The first-order chi connectivity index (χ1) is 17.3. The van der Waals surface area contributed by atoms with E-state index in [1.54, 1.807) is 53.4 Å². The van der Waals surface area contributed by atoms with Crippen LogP contribution >= 0.6 is 23.8 Å². The molecule has 0 aromatic heterocycles. The van der Waals surface area contributed by atoms with Crippen molar-refractivity contribution in [3.63, 3.8) is 0 Å². The van der Waals surface area contributed by atoms with Crippen molar-refractivity contribution in [2.24, 2.45) is 0 Å². The molecule has 0 bridgehead atoms. The van der Waals surface area contributed by atoms with Crippen molar-refractivity contribution in [3.05, 3.63) is 94.8 Å². The van der Waals surface area contributed by atoms with Crippen molar-refractivity contribution >= 4 is 58.1 Å². The van der Waals surface area contributed by atoms with E-state index in [1.807, 2.05) is 0 Å². The number of nitrogens with one attached hydrogen (secondary N) is 1. The first kappa shape index (κ1) is 25.3. The topological polar surface area (TPSA) is 78.9 Å². The van der Waals surface area contributed by atoms with Gasteiger partial charge in [0, 0.05) is 17.3 Å². The Kier molecular flexibility index (Phi) is 7.61.